The number of amides is 2. The second-order valence-corrected chi connectivity index (χ2v) is 5.09. The summed E-state index contributed by atoms with van der Waals surface area (Å²) in [4.78, 5) is 23.7. The number of anilines is 1. The second-order valence-electron chi connectivity index (χ2n) is 2.85. The third-order valence-electron chi connectivity index (χ3n) is 1.80. The van der Waals surface area contributed by atoms with Crippen molar-refractivity contribution in [2.75, 3.05) is 24.6 Å². The number of nitrogens with zero attached hydrogens (tertiary/aromatic N) is 3. The third-order valence-corrected chi connectivity index (χ3v) is 3.67. The standard InChI is InChI=1S/C7H8N4O3S2/c8-5-9-10-6(16-5)15-3-4(12)11-1-2-14-7(11)13/h1-3H2,(H2,8,9). The molecule has 86 valence electrons. The Morgan fingerprint density at radius 3 is 3.00 bits per heavy atom. The van der Waals surface area contributed by atoms with Gasteiger partial charge in [-0.05, 0) is 0 Å². The average Bonchev–Trinajstić information content (AvgIpc) is 2.84. The van der Waals surface area contributed by atoms with E-state index in [-0.39, 0.29) is 18.3 Å². The molecule has 2 amide bonds. The summed E-state index contributed by atoms with van der Waals surface area (Å²) in [5.74, 6) is -0.162. The zero-order valence-corrected chi connectivity index (χ0v) is 9.71. The highest BCUT2D eigenvalue weighted by Gasteiger charge is 2.28. The first-order valence-electron chi connectivity index (χ1n) is 4.35. The molecule has 1 aliphatic heterocycles. The maximum absolute atomic E-state index is 11.6. The number of hydrogen-bond donors (Lipinski definition) is 1. The highest BCUT2D eigenvalue weighted by atomic mass is 32.2. The van der Waals surface area contributed by atoms with Crippen LogP contribution in [0.15, 0.2) is 4.34 Å². The maximum atomic E-state index is 11.6. The molecular weight excluding hydrogens is 252 g/mol. The molecule has 0 atom stereocenters. The number of carbonyl (C=O) groups is 2. The highest BCUT2D eigenvalue weighted by molar-refractivity contribution is 8.01. The van der Waals surface area contributed by atoms with Gasteiger partial charge in [0.2, 0.25) is 11.0 Å². The number of nitrogen functional groups attached to an aromatic ring is 1. The molecule has 0 bridgehead atoms. The van der Waals surface area contributed by atoms with Gasteiger partial charge >= 0.3 is 6.09 Å². The molecule has 1 aromatic heterocycles. The van der Waals surface area contributed by atoms with Crippen LogP contribution < -0.4 is 5.73 Å². The largest absolute Gasteiger partial charge is 0.447 e. The Kier molecular flexibility index (Phi) is 3.25. The Morgan fingerprint density at radius 1 is 1.62 bits per heavy atom. The molecule has 1 fully saturated rings. The van der Waals surface area contributed by atoms with Crippen LogP contribution in [0.1, 0.15) is 0 Å². The van der Waals surface area contributed by atoms with Gasteiger partial charge in [0.25, 0.3) is 0 Å². The third kappa shape index (κ3) is 2.42. The lowest BCUT2D eigenvalue weighted by Gasteiger charge is -2.08. The number of ether oxygens (including phenoxy) is 1. The van der Waals surface area contributed by atoms with E-state index < -0.39 is 6.09 Å². The van der Waals surface area contributed by atoms with Crippen LogP contribution in [-0.2, 0) is 9.53 Å². The molecule has 1 saturated heterocycles. The van der Waals surface area contributed by atoms with Gasteiger partial charge in [-0.15, -0.1) is 10.2 Å². The summed E-state index contributed by atoms with van der Waals surface area (Å²) in [5.41, 5.74) is 5.39. The van der Waals surface area contributed by atoms with Crippen molar-refractivity contribution in [2.45, 2.75) is 4.34 Å². The molecule has 7 nitrogen and oxygen atoms in total. The van der Waals surface area contributed by atoms with Gasteiger partial charge in [-0.2, -0.15) is 0 Å². The number of cyclic esters (lactones) is 1. The van der Waals surface area contributed by atoms with Gasteiger partial charge in [-0.25, -0.2) is 9.69 Å². The smallest absolute Gasteiger partial charge is 0.416 e. The Bertz CT molecular complexity index is 422. The van der Waals surface area contributed by atoms with E-state index in [0.29, 0.717) is 16.0 Å². The molecule has 2 N–H and O–H groups in total. The zero-order valence-electron chi connectivity index (χ0n) is 8.08. The molecule has 1 aromatic rings. The summed E-state index contributed by atoms with van der Waals surface area (Å²) in [6, 6.07) is 0. The van der Waals surface area contributed by atoms with Gasteiger partial charge < -0.3 is 10.5 Å². The fraction of sp³-hybridized carbons (Fsp3) is 0.429. The van der Waals surface area contributed by atoms with E-state index >= 15 is 0 Å². The minimum absolute atomic E-state index is 0.129. The number of rotatable bonds is 3. The Hall–Kier alpha value is -1.35. The monoisotopic (exact) mass is 260 g/mol. The first-order chi connectivity index (χ1) is 7.66. The van der Waals surface area contributed by atoms with Crippen LogP contribution >= 0.6 is 23.1 Å². The molecule has 2 heterocycles. The fourth-order valence-electron chi connectivity index (χ4n) is 1.10. The molecule has 2 rings (SSSR count). The van der Waals surface area contributed by atoms with E-state index in [0.717, 1.165) is 4.90 Å². The zero-order chi connectivity index (χ0) is 11.5. The number of carbonyl (C=O) groups excluding carboxylic acids is 2. The summed E-state index contributed by atoms with van der Waals surface area (Å²) in [5, 5.41) is 7.73. The topological polar surface area (TPSA) is 98.4 Å². The normalized spacial score (nSPS) is 15.2. The lowest BCUT2D eigenvalue weighted by atomic mass is 10.5. The number of imide groups is 1. The van der Waals surface area contributed by atoms with Gasteiger partial charge in [0.05, 0.1) is 12.3 Å². The van der Waals surface area contributed by atoms with Crippen LogP contribution in [0.4, 0.5) is 9.93 Å². The highest BCUT2D eigenvalue weighted by Crippen LogP contribution is 2.23. The summed E-state index contributed by atoms with van der Waals surface area (Å²) in [6.45, 7) is 0.581. The van der Waals surface area contributed by atoms with E-state index in [9.17, 15) is 9.59 Å². The molecule has 9 heteroatoms. The van der Waals surface area contributed by atoms with Crippen molar-refractivity contribution in [3.8, 4) is 0 Å². The van der Waals surface area contributed by atoms with Crippen molar-refractivity contribution >= 4 is 40.2 Å². The van der Waals surface area contributed by atoms with E-state index in [4.69, 9.17) is 5.73 Å². The fourth-order valence-corrected chi connectivity index (χ4v) is 2.61. The minimum Gasteiger partial charge on any atom is -0.447 e. The Morgan fingerprint density at radius 2 is 2.44 bits per heavy atom. The van der Waals surface area contributed by atoms with Gasteiger partial charge in [0.1, 0.15) is 6.61 Å². The van der Waals surface area contributed by atoms with Crippen molar-refractivity contribution in [3.05, 3.63) is 0 Å². The SMILES string of the molecule is Nc1nnc(SCC(=O)N2CCOC2=O)s1. The van der Waals surface area contributed by atoms with Gasteiger partial charge in [-0.3, -0.25) is 4.79 Å². The van der Waals surface area contributed by atoms with Crippen molar-refractivity contribution in [1.82, 2.24) is 15.1 Å². The van der Waals surface area contributed by atoms with Crippen LogP contribution in [0.5, 0.6) is 0 Å². The van der Waals surface area contributed by atoms with Crippen LogP contribution in [0.25, 0.3) is 0 Å². The van der Waals surface area contributed by atoms with Gasteiger partial charge in [-0.1, -0.05) is 23.1 Å². The lowest BCUT2D eigenvalue weighted by molar-refractivity contribution is -0.124. The van der Waals surface area contributed by atoms with Crippen LogP contribution in [0, 0.1) is 0 Å². The molecule has 0 aromatic carbocycles. The summed E-state index contributed by atoms with van der Waals surface area (Å²) in [7, 11) is 0. The molecule has 0 saturated carbocycles. The summed E-state index contributed by atoms with van der Waals surface area (Å²) >= 11 is 2.41. The number of nitrogens with two attached hydrogens (primary N) is 1. The molecule has 0 spiro atoms. The quantitative estimate of drug-likeness (QED) is 0.774. The van der Waals surface area contributed by atoms with Crippen molar-refractivity contribution in [2.24, 2.45) is 0 Å². The van der Waals surface area contributed by atoms with Crippen LogP contribution in [0.2, 0.25) is 0 Å². The van der Waals surface area contributed by atoms with E-state index in [1.54, 1.807) is 0 Å². The minimum atomic E-state index is -0.581. The van der Waals surface area contributed by atoms with Crippen molar-refractivity contribution in [3.63, 3.8) is 0 Å². The molecule has 0 unspecified atom stereocenters. The second kappa shape index (κ2) is 4.66. The molecule has 0 aliphatic carbocycles. The van der Waals surface area contributed by atoms with E-state index in [1.165, 1.54) is 23.1 Å². The first-order valence-corrected chi connectivity index (χ1v) is 6.16. The van der Waals surface area contributed by atoms with Crippen LogP contribution in [-0.4, -0.2) is 46.0 Å². The van der Waals surface area contributed by atoms with E-state index in [1.807, 2.05) is 0 Å². The Labute approximate surface area is 99.0 Å². The maximum Gasteiger partial charge on any atom is 0.416 e. The summed E-state index contributed by atoms with van der Waals surface area (Å²) in [6.07, 6.45) is -0.581. The lowest BCUT2D eigenvalue weighted by Crippen LogP contribution is -2.32. The predicted molar refractivity (Wildman–Crippen MR) is 58.1 cm³/mol. The average molecular weight is 260 g/mol. The van der Waals surface area contributed by atoms with Crippen molar-refractivity contribution < 1.29 is 14.3 Å². The number of hydrogen-bond acceptors (Lipinski definition) is 8. The predicted octanol–water partition coefficient (Wildman–Crippen LogP) is 0.191. The van der Waals surface area contributed by atoms with E-state index in [2.05, 4.69) is 14.9 Å². The van der Waals surface area contributed by atoms with Crippen LogP contribution in [0.3, 0.4) is 0 Å². The first kappa shape index (κ1) is 11.1. The number of thioether (sulfide) groups is 1. The Balaban J connectivity index is 1.86. The number of aromatic nitrogens is 2. The van der Waals surface area contributed by atoms with Gasteiger partial charge in [0.15, 0.2) is 4.34 Å². The molecule has 1 aliphatic rings. The van der Waals surface area contributed by atoms with Crippen molar-refractivity contribution in [1.29, 1.82) is 0 Å². The molecule has 16 heavy (non-hydrogen) atoms. The summed E-state index contributed by atoms with van der Waals surface area (Å²) < 4.78 is 5.26. The van der Waals surface area contributed by atoms with Gasteiger partial charge in [0, 0.05) is 0 Å². The molecule has 0 radical (unpaired) electrons. The molecular formula is C7H8N4O3S2.